The average molecular weight is 357 g/mol. The summed E-state index contributed by atoms with van der Waals surface area (Å²) in [6.07, 6.45) is 10.5. The van der Waals surface area contributed by atoms with E-state index in [4.69, 9.17) is 0 Å². The van der Waals surface area contributed by atoms with E-state index in [9.17, 15) is 0 Å². The van der Waals surface area contributed by atoms with Crippen LogP contribution in [0, 0.1) is 5.92 Å². The lowest BCUT2D eigenvalue weighted by Crippen LogP contribution is -2.62. The van der Waals surface area contributed by atoms with Gasteiger partial charge in [-0.05, 0) is 68.2 Å². The Balaban J connectivity index is 1.61. The normalized spacial score (nSPS) is 31.5. The molecule has 0 amide bonds. The predicted octanol–water partition coefficient (Wildman–Crippen LogP) is 6.43. The maximum absolute atomic E-state index is 4.08. The van der Waals surface area contributed by atoms with E-state index >= 15 is 0 Å². The minimum absolute atomic E-state index is 0.0820. The Kier molecular flexibility index (Phi) is 3.45. The Morgan fingerprint density at radius 2 is 1.67 bits per heavy atom. The van der Waals surface area contributed by atoms with Gasteiger partial charge >= 0.3 is 0 Å². The standard InChI is InChI=1S/C25H28N2/c1-2-10-18(11-3-1)24-19-12-4-6-15-22(19)27-23-16-7-5-14-21(23)26-25(27)17-9-8-13-20(24)25/h1-3,5,7,10-11,14,16,20,24,26H,4,6,8-9,12-13,15,17H2/t20?,24?,25-/m0/s1. The summed E-state index contributed by atoms with van der Waals surface area (Å²) in [6, 6.07) is 20.4. The first-order chi connectivity index (χ1) is 13.4. The third kappa shape index (κ3) is 2.13. The molecule has 6 rings (SSSR count). The molecule has 0 aromatic heterocycles. The number of rotatable bonds is 1. The lowest BCUT2D eigenvalue weighted by Gasteiger charge is -2.57. The quantitative estimate of drug-likeness (QED) is 0.633. The van der Waals surface area contributed by atoms with Crippen molar-refractivity contribution in [2.45, 2.75) is 62.9 Å². The number of para-hydroxylation sites is 2. The first-order valence-electron chi connectivity index (χ1n) is 10.8. The van der Waals surface area contributed by atoms with Crippen LogP contribution in [-0.2, 0) is 0 Å². The Hall–Kier alpha value is -2.22. The fraction of sp³-hybridized carbons (Fsp3) is 0.440. The van der Waals surface area contributed by atoms with Gasteiger partial charge in [0, 0.05) is 17.5 Å². The molecule has 4 aliphatic rings. The molecule has 2 aliphatic heterocycles. The minimum Gasteiger partial charge on any atom is -0.360 e. The third-order valence-electron chi connectivity index (χ3n) is 7.52. The second-order valence-corrected chi connectivity index (χ2v) is 8.82. The van der Waals surface area contributed by atoms with Crippen LogP contribution in [0.15, 0.2) is 65.9 Å². The summed E-state index contributed by atoms with van der Waals surface area (Å²) < 4.78 is 0. The molecule has 3 atom stereocenters. The molecule has 2 aromatic carbocycles. The first kappa shape index (κ1) is 15.8. The SMILES string of the molecule is c1ccc(C2C3=C(CCCC3)N3c4ccccc4N[C@@]34CCCCC24)cc1. The predicted molar refractivity (Wildman–Crippen MR) is 112 cm³/mol. The Bertz CT molecular complexity index is 900. The summed E-state index contributed by atoms with van der Waals surface area (Å²) >= 11 is 0. The van der Waals surface area contributed by atoms with Gasteiger partial charge in [0.1, 0.15) is 5.66 Å². The molecule has 2 unspecified atom stereocenters. The highest BCUT2D eigenvalue weighted by Gasteiger charge is 2.57. The van der Waals surface area contributed by atoms with Crippen LogP contribution >= 0.6 is 0 Å². The summed E-state index contributed by atoms with van der Waals surface area (Å²) in [5.74, 6) is 1.23. The maximum atomic E-state index is 4.08. The summed E-state index contributed by atoms with van der Waals surface area (Å²) in [5, 5.41) is 4.08. The van der Waals surface area contributed by atoms with E-state index in [0.717, 1.165) is 0 Å². The number of nitrogens with zero attached hydrogens (tertiary/aromatic N) is 1. The zero-order valence-corrected chi connectivity index (χ0v) is 16.0. The molecule has 1 saturated carbocycles. The summed E-state index contributed by atoms with van der Waals surface area (Å²) in [4.78, 5) is 2.78. The van der Waals surface area contributed by atoms with E-state index in [1.165, 1.54) is 68.3 Å². The molecule has 138 valence electrons. The molecular formula is C25H28N2. The van der Waals surface area contributed by atoms with Crippen LogP contribution in [0.2, 0.25) is 0 Å². The van der Waals surface area contributed by atoms with Gasteiger partial charge in [-0.1, -0.05) is 48.9 Å². The molecule has 2 heteroatoms. The van der Waals surface area contributed by atoms with Gasteiger partial charge in [-0.15, -0.1) is 0 Å². The topological polar surface area (TPSA) is 15.3 Å². The molecule has 2 aromatic rings. The van der Waals surface area contributed by atoms with Gasteiger partial charge in [0.25, 0.3) is 0 Å². The van der Waals surface area contributed by atoms with Gasteiger partial charge in [-0.25, -0.2) is 0 Å². The fourth-order valence-corrected chi connectivity index (χ4v) is 6.56. The van der Waals surface area contributed by atoms with Crippen LogP contribution in [0.4, 0.5) is 11.4 Å². The van der Waals surface area contributed by atoms with Crippen molar-refractivity contribution in [1.82, 2.24) is 0 Å². The van der Waals surface area contributed by atoms with E-state index in [1.807, 2.05) is 0 Å². The lowest BCUT2D eigenvalue weighted by molar-refractivity contribution is 0.176. The van der Waals surface area contributed by atoms with E-state index < -0.39 is 0 Å². The average Bonchev–Trinajstić information content (AvgIpc) is 3.06. The molecule has 1 spiro atoms. The largest absolute Gasteiger partial charge is 0.360 e. The first-order valence-corrected chi connectivity index (χ1v) is 10.8. The van der Waals surface area contributed by atoms with Crippen molar-refractivity contribution < 1.29 is 0 Å². The van der Waals surface area contributed by atoms with Crippen molar-refractivity contribution in [2.75, 3.05) is 10.2 Å². The Morgan fingerprint density at radius 1 is 0.852 bits per heavy atom. The highest BCUT2D eigenvalue weighted by Crippen LogP contribution is 2.61. The lowest BCUT2D eigenvalue weighted by atomic mass is 9.62. The van der Waals surface area contributed by atoms with Gasteiger partial charge in [-0.2, -0.15) is 0 Å². The molecule has 0 bridgehead atoms. The smallest absolute Gasteiger partial charge is 0.118 e. The van der Waals surface area contributed by atoms with Crippen molar-refractivity contribution in [3.05, 3.63) is 71.4 Å². The van der Waals surface area contributed by atoms with E-state index in [0.29, 0.717) is 11.8 Å². The van der Waals surface area contributed by atoms with Crippen molar-refractivity contribution in [2.24, 2.45) is 5.92 Å². The van der Waals surface area contributed by atoms with Crippen molar-refractivity contribution >= 4 is 11.4 Å². The molecule has 0 radical (unpaired) electrons. The number of anilines is 2. The molecule has 2 nitrogen and oxygen atoms in total. The Labute approximate surface area is 162 Å². The third-order valence-corrected chi connectivity index (χ3v) is 7.52. The zero-order valence-electron chi connectivity index (χ0n) is 16.0. The molecule has 1 N–H and O–H groups in total. The monoisotopic (exact) mass is 356 g/mol. The molecule has 2 aliphatic carbocycles. The number of allylic oxidation sites excluding steroid dienone is 2. The van der Waals surface area contributed by atoms with Crippen LogP contribution in [0.25, 0.3) is 0 Å². The molecule has 2 heterocycles. The summed E-state index contributed by atoms with van der Waals surface area (Å²) in [5.41, 5.74) is 7.77. The van der Waals surface area contributed by atoms with E-state index in [1.54, 1.807) is 11.3 Å². The van der Waals surface area contributed by atoms with Crippen LogP contribution in [0.1, 0.15) is 62.8 Å². The zero-order chi connectivity index (χ0) is 17.8. The van der Waals surface area contributed by atoms with Crippen molar-refractivity contribution in [3.8, 4) is 0 Å². The second-order valence-electron chi connectivity index (χ2n) is 8.82. The van der Waals surface area contributed by atoms with Crippen LogP contribution < -0.4 is 10.2 Å². The fourth-order valence-electron chi connectivity index (χ4n) is 6.56. The number of benzene rings is 2. The Morgan fingerprint density at radius 3 is 2.59 bits per heavy atom. The highest BCUT2D eigenvalue weighted by molar-refractivity contribution is 5.82. The molecule has 27 heavy (non-hydrogen) atoms. The number of hydrogen-bond acceptors (Lipinski definition) is 2. The van der Waals surface area contributed by atoms with E-state index in [2.05, 4.69) is 64.8 Å². The summed E-state index contributed by atoms with van der Waals surface area (Å²) in [7, 11) is 0. The molecule has 0 saturated heterocycles. The van der Waals surface area contributed by atoms with Gasteiger partial charge < -0.3 is 10.2 Å². The highest BCUT2D eigenvalue weighted by atomic mass is 15.4. The van der Waals surface area contributed by atoms with E-state index in [-0.39, 0.29) is 5.66 Å². The number of hydrogen-bond donors (Lipinski definition) is 1. The van der Waals surface area contributed by atoms with Gasteiger partial charge in [-0.3, -0.25) is 0 Å². The van der Waals surface area contributed by atoms with Crippen LogP contribution in [0.3, 0.4) is 0 Å². The van der Waals surface area contributed by atoms with Gasteiger partial charge in [0.05, 0.1) is 11.4 Å². The maximum Gasteiger partial charge on any atom is 0.118 e. The molecular weight excluding hydrogens is 328 g/mol. The summed E-state index contributed by atoms with van der Waals surface area (Å²) in [6.45, 7) is 0. The van der Waals surface area contributed by atoms with Crippen molar-refractivity contribution in [1.29, 1.82) is 0 Å². The van der Waals surface area contributed by atoms with Crippen LogP contribution in [-0.4, -0.2) is 5.66 Å². The van der Waals surface area contributed by atoms with Crippen molar-refractivity contribution in [3.63, 3.8) is 0 Å². The minimum atomic E-state index is 0.0820. The number of fused-ring (bicyclic) bond motifs is 3. The number of nitrogens with one attached hydrogen (secondary N) is 1. The van der Waals surface area contributed by atoms with Crippen LogP contribution in [0.5, 0.6) is 0 Å². The van der Waals surface area contributed by atoms with Gasteiger partial charge in [0.15, 0.2) is 0 Å². The van der Waals surface area contributed by atoms with Gasteiger partial charge in [0.2, 0.25) is 0 Å². The second kappa shape index (κ2) is 5.89. The molecule has 1 fully saturated rings.